The Kier molecular flexibility index (Phi) is 10.3. The Balaban J connectivity index is 1.06. The number of benzene rings is 3. The second-order valence-electron chi connectivity index (χ2n) is 13.0. The van der Waals surface area contributed by atoms with Crippen molar-refractivity contribution in [2.45, 2.75) is 41.9 Å². The Morgan fingerprint density at radius 1 is 1.02 bits per heavy atom. The number of nitrogens with one attached hydrogen (secondary N) is 1. The Labute approximate surface area is 302 Å². The molecule has 4 heterocycles. The second-order valence-corrected chi connectivity index (χ2v) is 14.9. The molecule has 0 saturated carbocycles. The maximum atomic E-state index is 14.1. The van der Waals surface area contributed by atoms with Gasteiger partial charge in [0, 0.05) is 44.2 Å². The first-order valence-electron chi connectivity index (χ1n) is 17.3. The van der Waals surface area contributed by atoms with Gasteiger partial charge in [-0.1, -0.05) is 24.3 Å². The summed E-state index contributed by atoms with van der Waals surface area (Å²) < 4.78 is 56.6. The number of sulfonamides is 1. The van der Waals surface area contributed by atoms with Crippen molar-refractivity contribution in [3.63, 3.8) is 0 Å². The summed E-state index contributed by atoms with van der Waals surface area (Å²) in [6.07, 6.45) is 2.14. The van der Waals surface area contributed by atoms with E-state index in [9.17, 15) is 23.1 Å². The number of fused-ring (bicyclic) bond motifs is 1. The predicted molar refractivity (Wildman–Crippen MR) is 188 cm³/mol. The number of carbonyl (C=O) groups excluding carboxylic acids is 2. The van der Waals surface area contributed by atoms with Gasteiger partial charge in [-0.2, -0.15) is 4.31 Å². The molecule has 0 bridgehead atoms. The third-order valence-electron chi connectivity index (χ3n) is 10.1. The van der Waals surface area contributed by atoms with Crippen LogP contribution in [0.15, 0.2) is 89.5 Å². The lowest BCUT2D eigenvalue weighted by molar-refractivity contribution is -0.154. The number of anilines is 1. The molecule has 52 heavy (non-hydrogen) atoms. The molecule has 1 spiro atoms. The highest BCUT2D eigenvalue weighted by atomic mass is 32.2. The first-order valence-corrected chi connectivity index (χ1v) is 18.7. The molecule has 0 aliphatic carbocycles. The van der Waals surface area contributed by atoms with Gasteiger partial charge < -0.3 is 43.9 Å². The van der Waals surface area contributed by atoms with E-state index in [1.807, 2.05) is 48.5 Å². The molecule has 15 heteroatoms. The van der Waals surface area contributed by atoms with Crippen molar-refractivity contribution in [2.75, 3.05) is 64.9 Å². The highest BCUT2D eigenvalue weighted by molar-refractivity contribution is 7.89. The monoisotopic (exact) mass is 734 g/mol. The van der Waals surface area contributed by atoms with E-state index < -0.39 is 21.9 Å². The summed E-state index contributed by atoms with van der Waals surface area (Å²) in [4.78, 5) is 31.1. The molecule has 276 valence electrons. The van der Waals surface area contributed by atoms with E-state index in [1.54, 1.807) is 23.1 Å². The SMILES string of the molecule is COc1ccc(S(=O)(=O)N(CCO)CCO[C@@H]2C[C@H](c3ccc4c(c3)OCO4)C=C(C(=O)N3CCC4(CC3)C(=O)NCN4c3ccccc3)O2)cc1. The Bertz CT molecular complexity index is 1900. The number of aliphatic hydroxyl groups excluding tert-OH is 1. The molecule has 2 atom stereocenters. The van der Waals surface area contributed by atoms with Crippen LogP contribution in [0.1, 0.15) is 30.7 Å². The van der Waals surface area contributed by atoms with Gasteiger partial charge in [0.15, 0.2) is 17.3 Å². The lowest BCUT2D eigenvalue weighted by Gasteiger charge is -2.43. The van der Waals surface area contributed by atoms with Gasteiger partial charge in [0.2, 0.25) is 29.0 Å². The average Bonchev–Trinajstić information content (AvgIpc) is 3.78. The number of amides is 2. The van der Waals surface area contributed by atoms with Crippen molar-refractivity contribution in [2.24, 2.45) is 0 Å². The summed E-state index contributed by atoms with van der Waals surface area (Å²) in [6.45, 7) is 0.562. The first-order chi connectivity index (χ1) is 25.2. The molecule has 3 aromatic rings. The van der Waals surface area contributed by atoms with Crippen molar-refractivity contribution >= 4 is 27.5 Å². The zero-order valence-corrected chi connectivity index (χ0v) is 29.6. The van der Waals surface area contributed by atoms with E-state index in [-0.39, 0.29) is 61.5 Å². The van der Waals surface area contributed by atoms with E-state index in [0.29, 0.717) is 56.3 Å². The number of aliphatic hydroxyl groups is 1. The zero-order chi connectivity index (χ0) is 36.3. The van der Waals surface area contributed by atoms with Gasteiger partial charge in [-0.15, -0.1) is 0 Å². The predicted octanol–water partition coefficient (Wildman–Crippen LogP) is 2.79. The largest absolute Gasteiger partial charge is 0.497 e. The minimum atomic E-state index is -3.96. The van der Waals surface area contributed by atoms with Crippen molar-refractivity contribution in [1.82, 2.24) is 14.5 Å². The van der Waals surface area contributed by atoms with Crippen LogP contribution in [0.2, 0.25) is 0 Å². The Hall–Kier alpha value is -4.83. The summed E-state index contributed by atoms with van der Waals surface area (Å²) >= 11 is 0. The highest BCUT2D eigenvalue weighted by Crippen LogP contribution is 2.40. The Morgan fingerprint density at radius 2 is 1.77 bits per heavy atom. The van der Waals surface area contributed by atoms with Gasteiger partial charge in [-0.05, 0) is 73.0 Å². The molecule has 3 aromatic carbocycles. The number of piperidine rings is 1. The van der Waals surface area contributed by atoms with Gasteiger partial charge in [-0.25, -0.2) is 8.42 Å². The first kappa shape index (κ1) is 35.6. The van der Waals surface area contributed by atoms with E-state index in [1.165, 1.54) is 19.2 Å². The van der Waals surface area contributed by atoms with E-state index in [4.69, 9.17) is 23.7 Å². The zero-order valence-electron chi connectivity index (χ0n) is 28.8. The van der Waals surface area contributed by atoms with Gasteiger partial charge in [0.05, 0.1) is 31.9 Å². The van der Waals surface area contributed by atoms with E-state index in [0.717, 1.165) is 15.6 Å². The summed E-state index contributed by atoms with van der Waals surface area (Å²) in [5, 5.41) is 12.7. The maximum absolute atomic E-state index is 14.1. The van der Waals surface area contributed by atoms with Gasteiger partial charge in [-0.3, -0.25) is 9.59 Å². The molecule has 14 nitrogen and oxygen atoms in total. The molecule has 2 fully saturated rings. The van der Waals surface area contributed by atoms with Crippen LogP contribution in [0.4, 0.5) is 5.69 Å². The molecule has 4 aliphatic heterocycles. The minimum absolute atomic E-state index is 0.0443. The Morgan fingerprint density at radius 3 is 2.50 bits per heavy atom. The fourth-order valence-electron chi connectivity index (χ4n) is 7.20. The van der Waals surface area contributed by atoms with Crippen LogP contribution in [0, 0.1) is 0 Å². The van der Waals surface area contributed by atoms with Crippen LogP contribution < -0.4 is 24.4 Å². The fourth-order valence-corrected chi connectivity index (χ4v) is 8.62. The van der Waals surface area contributed by atoms with Crippen molar-refractivity contribution in [1.29, 1.82) is 0 Å². The van der Waals surface area contributed by atoms with Crippen LogP contribution in [-0.2, 0) is 29.1 Å². The molecular formula is C37H42N4O10S. The number of allylic oxidation sites excluding steroid dienone is 1. The number of rotatable bonds is 12. The summed E-state index contributed by atoms with van der Waals surface area (Å²) in [6, 6.07) is 21.4. The molecule has 2 saturated heterocycles. The number of hydrogen-bond donors (Lipinski definition) is 2. The van der Waals surface area contributed by atoms with Crippen LogP contribution in [0.3, 0.4) is 0 Å². The number of methoxy groups -OCH3 is 1. The number of ether oxygens (including phenoxy) is 5. The van der Waals surface area contributed by atoms with E-state index in [2.05, 4.69) is 10.2 Å². The molecule has 2 N–H and O–H groups in total. The average molecular weight is 735 g/mol. The summed E-state index contributed by atoms with van der Waals surface area (Å²) in [7, 11) is -2.46. The molecule has 7 rings (SSSR count). The van der Waals surface area contributed by atoms with Crippen LogP contribution in [0.25, 0.3) is 0 Å². The fraction of sp³-hybridized carbons (Fsp3) is 0.405. The number of carbonyl (C=O) groups is 2. The number of para-hydroxylation sites is 1. The second kappa shape index (κ2) is 15.0. The smallest absolute Gasteiger partial charge is 0.288 e. The third kappa shape index (κ3) is 7.00. The number of likely N-dealkylation sites (tertiary alicyclic amines) is 1. The number of nitrogens with zero attached hydrogens (tertiary/aromatic N) is 3. The van der Waals surface area contributed by atoms with Crippen LogP contribution >= 0.6 is 0 Å². The van der Waals surface area contributed by atoms with Gasteiger partial charge in [0.25, 0.3) is 5.91 Å². The van der Waals surface area contributed by atoms with Gasteiger partial charge >= 0.3 is 0 Å². The molecule has 0 radical (unpaired) electrons. The van der Waals surface area contributed by atoms with E-state index >= 15 is 0 Å². The standard InChI is InChI=1S/C37H42N4O10S/c1-47-29-8-10-30(11-9-29)52(45,46)40(17-19-42)18-20-48-34-23-27(26-7-12-31-32(21-26)50-25-49-31)22-33(51-34)35(43)39-15-13-37(14-16-39)36(44)38-24-41(37)28-5-3-2-4-6-28/h2-12,21-22,27,34,42H,13-20,23-25H2,1H3,(H,38,44)/t27-,34+/m1/s1. The molecular weight excluding hydrogens is 692 g/mol. The highest BCUT2D eigenvalue weighted by Gasteiger charge is 2.51. The topological polar surface area (TPSA) is 156 Å². The van der Waals surface area contributed by atoms with Crippen molar-refractivity contribution in [3.05, 3.63) is 90.2 Å². The number of hydrogen-bond acceptors (Lipinski definition) is 11. The third-order valence-corrected chi connectivity index (χ3v) is 12.0. The molecule has 4 aliphatic rings. The molecule has 0 aromatic heterocycles. The summed E-state index contributed by atoms with van der Waals surface area (Å²) in [5.41, 5.74) is 1.06. The molecule has 2 amide bonds. The van der Waals surface area contributed by atoms with Crippen molar-refractivity contribution < 1.29 is 46.8 Å². The van der Waals surface area contributed by atoms with Crippen LogP contribution in [0.5, 0.6) is 17.2 Å². The molecule has 0 unspecified atom stereocenters. The maximum Gasteiger partial charge on any atom is 0.288 e. The quantitative estimate of drug-likeness (QED) is 0.282. The van der Waals surface area contributed by atoms with Crippen molar-refractivity contribution in [3.8, 4) is 17.2 Å². The lowest BCUT2D eigenvalue weighted by atomic mass is 9.85. The summed E-state index contributed by atoms with van der Waals surface area (Å²) in [5.74, 6) is 1.21. The lowest BCUT2D eigenvalue weighted by Crippen LogP contribution is -2.57. The van der Waals surface area contributed by atoms with Gasteiger partial charge in [0.1, 0.15) is 11.3 Å². The van der Waals surface area contributed by atoms with Crippen LogP contribution in [-0.4, -0.2) is 106 Å². The minimum Gasteiger partial charge on any atom is -0.497 e. The normalized spacial score (nSPS) is 20.8.